The summed E-state index contributed by atoms with van der Waals surface area (Å²) >= 11 is 17.2. The van der Waals surface area contributed by atoms with Gasteiger partial charge in [-0.15, -0.1) is 0 Å². The third-order valence-corrected chi connectivity index (χ3v) is 5.50. The van der Waals surface area contributed by atoms with E-state index < -0.39 is 11.8 Å². The molecule has 0 unspecified atom stereocenters. The summed E-state index contributed by atoms with van der Waals surface area (Å²) in [6, 6.07) is 7.28. The van der Waals surface area contributed by atoms with Gasteiger partial charge in [0.1, 0.15) is 5.57 Å². The molecule has 1 aliphatic rings. The van der Waals surface area contributed by atoms with Crippen LogP contribution in [0, 0.1) is 13.8 Å². The van der Waals surface area contributed by atoms with Crippen molar-refractivity contribution in [3.63, 3.8) is 0 Å². The van der Waals surface area contributed by atoms with Crippen LogP contribution in [0.15, 0.2) is 29.8 Å². The van der Waals surface area contributed by atoms with Gasteiger partial charge in [-0.3, -0.25) is 19.8 Å². The van der Waals surface area contributed by atoms with E-state index in [4.69, 9.17) is 35.4 Å². The fourth-order valence-corrected chi connectivity index (χ4v) is 3.69. The Balaban J connectivity index is 2.07. The summed E-state index contributed by atoms with van der Waals surface area (Å²) in [6.07, 6.45) is 1.60. The predicted octanol–water partition coefficient (Wildman–Crippen LogP) is 4.05. The van der Waals surface area contributed by atoms with Gasteiger partial charge in [0.05, 0.1) is 10.0 Å². The molecule has 5 nitrogen and oxygen atoms in total. The molecular formula is C19H17Cl2N3O2S. The summed E-state index contributed by atoms with van der Waals surface area (Å²) < 4.78 is 1.99. The molecule has 1 aliphatic heterocycles. The lowest BCUT2D eigenvalue weighted by molar-refractivity contribution is -0.128. The van der Waals surface area contributed by atoms with Crippen LogP contribution < -0.4 is 5.32 Å². The van der Waals surface area contributed by atoms with E-state index in [9.17, 15) is 9.59 Å². The molecule has 2 amide bonds. The van der Waals surface area contributed by atoms with E-state index in [1.54, 1.807) is 25.1 Å². The minimum absolute atomic E-state index is 0.0554. The molecule has 140 valence electrons. The molecule has 1 saturated heterocycles. The predicted molar refractivity (Wildman–Crippen MR) is 111 cm³/mol. The third kappa shape index (κ3) is 3.52. The minimum Gasteiger partial charge on any atom is -0.318 e. The quantitative estimate of drug-likeness (QED) is 0.462. The zero-order chi connectivity index (χ0) is 19.9. The van der Waals surface area contributed by atoms with Crippen molar-refractivity contribution in [2.75, 3.05) is 6.54 Å². The van der Waals surface area contributed by atoms with Crippen molar-refractivity contribution in [2.45, 2.75) is 20.8 Å². The molecule has 1 N–H and O–H groups in total. The van der Waals surface area contributed by atoms with Gasteiger partial charge in [0.15, 0.2) is 5.11 Å². The van der Waals surface area contributed by atoms with Crippen molar-refractivity contribution in [1.29, 1.82) is 0 Å². The van der Waals surface area contributed by atoms with E-state index >= 15 is 0 Å². The van der Waals surface area contributed by atoms with Crippen LogP contribution >= 0.6 is 35.4 Å². The number of hydrogen-bond acceptors (Lipinski definition) is 3. The smallest absolute Gasteiger partial charge is 0.265 e. The van der Waals surface area contributed by atoms with E-state index in [-0.39, 0.29) is 10.7 Å². The van der Waals surface area contributed by atoms with Crippen LogP contribution in [0.2, 0.25) is 10.0 Å². The molecule has 0 saturated carbocycles. The van der Waals surface area contributed by atoms with Gasteiger partial charge in [0, 0.05) is 23.6 Å². The Morgan fingerprint density at radius 2 is 1.85 bits per heavy atom. The van der Waals surface area contributed by atoms with E-state index in [1.807, 2.05) is 30.5 Å². The van der Waals surface area contributed by atoms with E-state index in [1.165, 1.54) is 4.90 Å². The average molecular weight is 422 g/mol. The molecular weight excluding hydrogens is 405 g/mol. The number of amides is 2. The Hall–Kier alpha value is -2.15. The van der Waals surface area contributed by atoms with Crippen LogP contribution in [-0.2, 0) is 9.59 Å². The second-order valence-electron chi connectivity index (χ2n) is 6.13. The summed E-state index contributed by atoms with van der Waals surface area (Å²) in [5.41, 5.74) is 3.47. The topological polar surface area (TPSA) is 54.3 Å². The van der Waals surface area contributed by atoms with Gasteiger partial charge in [-0.2, -0.15) is 0 Å². The fraction of sp³-hybridized carbons (Fsp3) is 0.211. The van der Waals surface area contributed by atoms with E-state index in [2.05, 4.69) is 5.32 Å². The van der Waals surface area contributed by atoms with Gasteiger partial charge in [-0.25, -0.2) is 0 Å². The molecule has 2 aromatic rings. The number of rotatable bonds is 3. The van der Waals surface area contributed by atoms with Gasteiger partial charge in [-0.1, -0.05) is 23.2 Å². The monoisotopic (exact) mass is 421 g/mol. The molecule has 0 bridgehead atoms. The highest BCUT2D eigenvalue weighted by atomic mass is 35.5. The average Bonchev–Trinajstić information content (AvgIpc) is 2.88. The number of carbonyl (C=O) groups is 2. The Kier molecular flexibility index (Phi) is 5.42. The number of likely N-dealkylation sites (N-methyl/N-ethyl adjacent to an activating group) is 1. The second kappa shape index (κ2) is 7.46. The standard InChI is InChI=1S/C19H17Cl2N3O2S/c1-4-23-18(26)14(17(25)22-19(23)27)8-12-7-10(2)24(11(12)3)13-5-6-15(20)16(21)9-13/h5-9H,4H2,1-3H3,(H,22,25,27)/b14-8+. The van der Waals surface area contributed by atoms with Crippen LogP contribution in [-0.4, -0.2) is 32.9 Å². The highest BCUT2D eigenvalue weighted by molar-refractivity contribution is 7.80. The number of nitrogens with one attached hydrogen (secondary N) is 1. The molecule has 27 heavy (non-hydrogen) atoms. The van der Waals surface area contributed by atoms with Gasteiger partial charge >= 0.3 is 0 Å². The number of aryl methyl sites for hydroxylation is 1. The fourth-order valence-electron chi connectivity index (χ4n) is 3.09. The number of benzene rings is 1. The lowest BCUT2D eigenvalue weighted by Crippen LogP contribution is -2.53. The van der Waals surface area contributed by atoms with Crippen molar-refractivity contribution >= 4 is 58.4 Å². The summed E-state index contributed by atoms with van der Waals surface area (Å²) in [6.45, 7) is 6.04. The second-order valence-corrected chi connectivity index (χ2v) is 7.33. The lowest BCUT2D eigenvalue weighted by Gasteiger charge is -2.27. The maximum atomic E-state index is 12.6. The first-order valence-electron chi connectivity index (χ1n) is 8.27. The zero-order valence-corrected chi connectivity index (χ0v) is 17.3. The Labute approximate surface area is 172 Å². The van der Waals surface area contributed by atoms with Crippen molar-refractivity contribution < 1.29 is 9.59 Å². The zero-order valence-electron chi connectivity index (χ0n) is 15.0. The normalized spacial score (nSPS) is 16.3. The van der Waals surface area contributed by atoms with E-state index in [0.29, 0.717) is 16.6 Å². The minimum atomic E-state index is -0.492. The summed E-state index contributed by atoms with van der Waals surface area (Å²) in [7, 11) is 0. The van der Waals surface area contributed by atoms with E-state index in [0.717, 1.165) is 22.6 Å². The number of halogens is 2. The largest absolute Gasteiger partial charge is 0.318 e. The molecule has 0 radical (unpaired) electrons. The maximum Gasteiger partial charge on any atom is 0.265 e. The number of thiocarbonyl (C=S) groups is 1. The Morgan fingerprint density at radius 3 is 2.48 bits per heavy atom. The van der Waals surface area contributed by atoms with Gasteiger partial charge in [-0.05, 0) is 68.9 Å². The number of aromatic nitrogens is 1. The molecule has 3 rings (SSSR count). The first kappa shape index (κ1) is 19.6. The number of carbonyl (C=O) groups excluding carboxylic acids is 2. The molecule has 0 aliphatic carbocycles. The van der Waals surface area contributed by atoms with Crippen molar-refractivity contribution in [3.05, 3.63) is 56.8 Å². The first-order valence-corrected chi connectivity index (χ1v) is 9.44. The lowest BCUT2D eigenvalue weighted by atomic mass is 10.1. The first-order chi connectivity index (χ1) is 12.7. The highest BCUT2D eigenvalue weighted by Gasteiger charge is 2.32. The highest BCUT2D eigenvalue weighted by Crippen LogP contribution is 2.28. The van der Waals surface area contributed by atoms with Crippen LogP contribution in [0.3, 0.4) is 0 Å². The number of hydrogen-bond donors (Lipinski definition) is 1. The SMILES string of the molecule is CCN1C(=O)/C(=C/c2cc(C)n(-c3ccc(Cl)c(Cl)c3)c2C)C(=O)NC1=S. The van der Waals surface area contributed by atoms with Crippen molar-refractivity contribution in [2.24, 2.45) is 0 Å². The summed E-state index contributed by atoms with van der Waals surface area (Å²) in [4.78, 5) is 26.3. The van der Waals surface area contributed by atoms with Gasteiger partial charge in [0.2, 0.25) is 0 Å². The molecule has 1 aromatic heterocycles. The molecule has 1 fully saturated rings. The Morgan fingerprint density at radius 1 is 1.15 bits per heavy atom. The van der Waals surface area contributed by atoms with Crippen molar-refractivity contribution in [3.8, 4) is 5.69 Å². The Bertz CT molecular complexity index is 1010. The molecule has 1 aromatic carbocycles. The molecule has 8 heteroatoms. The van der Waals surface area contributed by atoms with Crippen LogP contribution in [0.25, 0.3) is 11.8 Å². The van der Waals surface area contributed by atoms with Gasteiger partial charge in [0.25, 0.3) is 11.8 Å². The van der Waals surface area contributed by atoms with Crippen LogP contribution in [0.4, 0.5) is 0 Å². The summed E-state index contributed by atoms with van der Waals surface area (Å²) in [5.74, 6) is -0.889. The molecule has 0 atom stereocenters. The third-order valence-electron chi connectivity index (χ3n) is 4.43. The molecule has 0 spiro atoms. The summed E-state index contributed by atoms with van der Waals surface area (Å²) in [5, 5.41) is 3.62. The number of nitrogens with zero attached hydrogens (tertiary/aromatic N) is 2. The molecule has 2 heterocycles. The maximum absolute atomic E-state index is 12.6. The van der Waals surface area contributed by atoms with Crippen molar-refractivity contribution in [1.82, 2.24) is 14.8 Å². The van der Waals surface area contributed by atoms with Gasteiger partial charge < -0.3 is 4.57 Å². The van der Waals surface area contributed by atoms with Crippen LogP contribution in [0.5, 0.6) is 0 Å². The van der Waals surface area contributed by atoms with Crippen LogP contribution in [0.1, 0.15) is 23.9 Å².